The second-order valence-electron chi connectivity index (χ2n) is 6.16. The lowest BCUT2D eigenvalue weighted by Gasteiger charge is -2.18. The lowest BCUT2D eigenvalue weighted by molar-refractivity contribution is 0.343. The Morgan fingerprint density at radius 2 is 1.53 bits per heavy atom. The van der Waals surface area contributed by atoms with Crippen LogP contribution in [0.2, 0.25) is 0 Å². The van der Waals surface area contributed by atoms with E-state index in [0.717, 1.165) is 5.92 Å². The van der Waals surface area contributed by atoms with Gasteiger partial charge in [-0.2, -0.15) is 0 Å². The van der Waals surface area contributed by atoms with Crippen molar-refractivity contribution in [3.8, 4) is 0 Å². The van der Waals surface area contributed by atoms with Crippen molar-refractivity contribution in [3.05, 3.63) is 0 Å². The first kappa shape index (κ1) is 13.4. The molecule has 0 spiro atoms. The van der Waals surface area contributed by atoms with Crippen LogP contribution >= 0.6 is 0 Å². The first-order valence-corrected chi connectivity index (χ1v) is 8.05. The molecule has 1 nitrogen and oxygen atoms in total. The van der Waals surface area contributed by atoms with Gasteiger partial charge in [-0.3, -0.25) is 0 Å². The van der Waals surface area contributed by atoms with Crippen LogP contribution < -0.4 is 0 Å². The van der Waals surface area contributed by atoms with Crippen molar-refractivity contribution in [1.82, 2.24) is 0 Å². The molecule has 0 bridgehead atoms. The van der Waals surface area contributed by atoms with E-state index in [1.54, 1.807) is 0 Å². The number of fused-ring (bicyclic) bond motifs is 1. The molecule has 0 aromatic heterocycles. The highest BCUT2D eigenvalue weighted by atomic mass is 16.6. The summed E-state index contributed by atoms with van der Waals surface area (Å²) >= 11 is 0. The van der Waals surface area contributed by atoms with Crippen molar-refractivity contribution in [3.63, 3.8) is 0 Å². The fourth-order valence-electron chi connectivity index (χ4n) is 3.32. The van der Waals surface area contributed by atoms with Crippen LogP contribution in [-0.2, 0) is 4.74 Å². The molecule has 0 amide bonds. The van der Waals surface area contributed by atoms with Gasteiger partial charge in [-0.1, -0.05) is 64.7 Å². The van der Waals surface area contributed by atoms with Crippen LogP contribution in [0.5, 0.6) is 0 Å². The smallest absolute Gasteiger partial charge is 0.0844 e. The minimum Gasteiger partial charge on any atom is -0.370 e. The lowest BCUT2D eigenvalue weighted by Crippen LogP contribution is -2.13. The molecule has 1 saturated heterocycles. The van der Waals surface area contributed by atoms with Crippen molar-refractivity contribution >= 4 is 0 Å². The molecular formula is C16H30O. The fraction of sp³-hybridized carbons (Fsp3) is 1.00. The molecule has 1 heterocycles. The molecule has 2 fully saturated rings. The van der Waals surface area contributed by atoms with E-state index < -0.39 is 0 Å². The van der Waals surface area contributed by atoms with Gasteiger partial charge >= 0.3 is 0 Å². The summed E-state index contributed by atoms with van der Waals surface area (Å²) in [5, 5.41) is 0. The average molecular weight is 238 g/mol. The normalized spacial score (nSPS) is 31.2. The van der Waals surface area contributed by atoms with E-state index in [2.05, 4.69) is 6.92 Å². The van der Waals surface area contributed by atoms with Crippen molar-refractivity contribution in [2.45, 2.75) is 96.2 Å². The van der Waals surface area contributed by atoms with Gasteiger partial charge in [0.2, 0.25) is 0 Å². The third-order valence-electron chi connectivity index (χ3n) is 4.58. The van der Waals surface area contributed by atoms with Crippen LogP contribution in [0.3, 0.4) is 0 Å². The average Bonchev–Trinajstić information content (AvgIpc) is 3.11. The Morgan fingerprint density at radius 3 is 2.24 bits per heavy atom. The zero-order valence-electron chi connectivity index (χ0n) is 11.6. The van der Waals surface area contributed by atoms with E-state index in [1.807, 2.05) is 0 Å². The summed E-state index contributed by atoms with van der Waals surface area (Å²) < 4.78 is 5.59. The van der Waals surface area contributed by atoms with Crippen molar-refractivity contribution in [2.24, 2.45) is 5.92 Å². The summed E-state index contributed by atoms with van der Waals surface area (Å²) in [6.45, 7) is 2.29. The molecule has 0 aromatic carbocycles. The Balaban J connectivity index is 1.36. The predicted molar refractivity (Wildman–Crippen MR) is 73.2 cm³/mol. The number of hydrogen-bond acceptors (Lipinski definition) is 1. The van der Waals surface area contributed by atoms with Crippen LogP contribution in [0, 0.1) is 5.92 Å². The summed E-state index contributed by atoms with van der Waals surface area (Å²) in [6.07, 6.45) is 18.6. The Hall–Kier alpha value is -0.0400. The maximum atomic E-state index is 5.59. The van der Waals surface area contributed by atoms with Crippen molar-refractivity contribution < 1.29 is 4.74 Å². The molecule has 0 radical (unpaired) electrons. The summed E-state index contributed by atoms with van der Waals surface area (Å²) in [5.41, 5.74) is 0. The van der Waals surface area contributed by atoms with Crippen LogP contribution in [0.4, 0.5) is 0 Å². The minimum atomic E-state index is 0.683. The van der Waals surface area contributed by atoms with E-state index in [-0.39, 0.29) is 0 Å². The second kappa shape index (κ2) is 7.41. The zero-order chi connectivity index (χ0) is 11.9. The van der Waals surface area contributed by atoms with Crippen LogP contribution in [0.1, 0.15) is 84.0 Å². The number of ether oxygens (including phenoxy) is 1. The van der Waals surface area contributed by atoms with Gasteiger partial charge in [0, 0.05) is 0 Å². The summed E-state index contributed by atoms with van der Waals surface area (Å²) in [4.78, 5) is 0. The number of rotatable bonds is 9. The maximum absolute atomic E-state index is 5.59. The SMILES string of the molecule is CCCCCCCCCCC1CCC2OC2C1. The van der Waals surface area contributed by atoms with Crippen molar-refractivity contribution in [2.75, 3.05) is 0 Å². The Bertz CT molecular complexity index is 202. The standard InChI is InChI=1S/C16H30O/c1-2-3-4-5-6-7-8-9-10-14-11-12-15-16(13-14)17-15/h14-16H,2-13H2,1H3. The van der Waals surface area contributed by atoms with E-state index in [9.17, 15) is 0 Å². The third kappa shape index (κ3) is 4.99. The second-order valence-corrected chi connectivity index (χ2v) is 6.16. The van der Waals surface area contributed by atoms with Gasteiger partial charge < -0.3 is 4.74 Å². The maximum Gasteiger partial charge on any atom is 0.0844 e. The highest BCUT2D eigenvalue weighted by molar-refractivity contribution is 4.91. The molecular weight excluding hydrogens is 208 g/mol. The summed E-state index contributed by atoms with van der Waals surface area (Å²) in [6, 6.07) is 0. The highest BCUT2D eigenvalue weighted by Crippen LogP contribution is 2.41. The predicted octanol–water partition coefficient (Wildman–Crippen LogP) is 5.08. The van der Waals surface area contributed by atoms with Crippen LogP contribution in [0.25, 0.3) is 0 Å². The van der Waals surface area contributed by atoms with Crippen LogP contribution in [0.15, 0.2) is 0 Å². The molecule has 1 saturated carbocycles. The molecule has 17 heavy (non-hydrogen) atoms. The number of epoxide rings is 1. The summed E-state index contributed by atoms with van der Waals surface area (Å²) in [5.74, 6) is 0.999. The van der Waals surface area contributed by atoms with Gasteiger partial charge in [-0.15, -0.1) is 0 Å². The molecule has 2 aliphatic rings. The topological polar surface area (TPSA) is 12.5 Å². The van der Waals surface area contributed by atoms with Gasteiger partial charge in [-0.05, 0) is 25.2 Å². The van der Waals surface area contributed by atoms with Gasteiger partial charge in [0.05, 0.1) is 12.2 Å². The van der Waals surface area contributed by atoms with E-state index >= 15 is 0 Å². The van der Waals surface area contributed by atoms with Gasteiger partial charge in [0.25, 0.3) is 0 Å². The molecule has 100 valence electrons. The first-order valence-electron chi connectivity index (χ1n) is 8.05. The van der Waals surface area contributed by atoms with Crippen LogP contribution in [-0.4, -0.2) is 12.2 Å². The van der Waals surface area contributed by atoms with Crippen molar-refractivity contribution in [1.29, 1.82) is 0 Å². The fourth-order valence-corrected chi connectivity index (χ4v) is 3.32. The largest absolute Gasteiger partial charge is 0.370 e. The third-order valence-corrected chi connectivity index (χ3v) is 4.58. The molecule has 1 aliphatic carbocycles. The van der Waals surface area contributed by atoms with E-state index in [4.69, 9.17) is 4.74 Å². The molecule has 0 N–H and O–H groups in total. The molecule has 2 rings (SSSR count). The molecule has 3 atom stereocenters. The van der Waals surface area contributed by atoms with Gasteiger partial charge in [-0.25, -0.2) is 0 Å². The highest BCUT2D eigenvalue weighted by Gasteiger charge is 2.43. The van der Waals surface area contributed by atoms with Gasteiger partial charge in [0.1, 0.15) is 0 Å². The first-order chi connectivity index (χ1) is 8.40. The zero-order valence-corrected chi connectivity index (χ0v) is 11.6. The van der Waals surface area contributed by atoms with E-state index in [0.29, 0.717) is 12.2 Å². The van der Waals surface area contributed by atoms with Gasteiger partial charge in [0.15, 0.2) is 0 Å². The molecule has 0 aromatic rings. The molecule has 1 aliphatic heterocycles. The quantitative estimate of drug-likeness (QED) is 0.403. The minimum absolute atomic E-state index is 0.683. The molecule has 3 unspecified atom stereocenters. The summed E-state index contributed by atoms with van der Waals surface area (Å²) in [7, 11) is 0. The number of hydrogen-bond donors (Lipinski definition) is 0. The Kier molecular flexibility index (Phi) is 5.84. The monoisotopic (exact) mass is 238 g/mol. The van der Waals surface area contributed by atoms with E-state index in [1.165, 1.54) is 77.0 Å². The lowest BCUT2D eigenvalue weighted by atomic mass is 9.85. The Morgan fingerprint density at radius 1 is 0.824 bits per heavy atom. The Labute approximate surface area is 107 Å². The molecule has 1 heteroatoms. The number of unbranched alkanes of at least 4 members (excludes halogenated alkanes) is 7.